The average Bonchev–Trinajstić information content (AvgIpc) is 2.63. The summed E-state index contributed by atoms with van der Waals surface area (Å²) in [6.07, 6.45) is 0.0923. The van der Waals surface area contributed by atoms with Gasteiger partial charge in [0.05, 0.1) is 18.8 Å². The van der Waals surface area contributed by atoms with Crippen molar-refractivity contribution in [1.29, 1.82) is 0 Å². The van der Waals surface area contributed by atoms with E-state index in [4.69, 9.17) is 10.5 Å². The molecule has 132 valence electrons. The molecular weight excluding hydrogens is 314 g/mol. The Labute approximate surface area is 148 Å². The summed E-state index contributed by atoms with van der Waals surface area (Å²) in [5, 5.41) is 3.43. The molecule has 0 spiro atoms. The van der Waals surface area contributed by atoms with Gasteiger partial charge in [0, 0.05) is 30.9 Å². The molecule has 3 N–H and O–H groups in total. The summed E-state index contributed by atoms with van der Waals surface area (Å²) in [4.78, 5) is 13.7. The number of morpholine rings is 1. The van der Waals surface area contributed by atoms with Crippen molar-refractivity contribution in [2.24, 2.45) is 5.73 Å². The van der Waals surface area contributed by atoms with E-state index in [1.807, 2.05) is 18.2 Å². The van der Waals surface area contributed by atoms with Crippen LogP contribution in [0.4, 0.5) is 5.69 Å². The van der Waals surface area contributed by atoms with Crippen molar-refractivity contribution in [2.45, 2.75) is 25.6 Å². The number of carbonyl (C=O) groups is 1. The van der Waals surface area contributed by atoms with E-state index >= 15 is 0 Å². The third kappa shape index (κ3) is 4.81. The van der Waals surface area contributed by atoms with E-state index in [1.165, 1.54) is 5.56 Å². The fourth-order valence-corrected chi connectivity index (χ4v) is 3.14. The Morgan fingerprint density at radius 1 is 1.28 bits per heavy atom. The summed E-state index contributed by atoms with van der Waals surface area (Å²) in [5.74, 6) is -0.417. The van der Waals surface area contributed by atoms with Crippen LogP contribution in [0, 0.1) is 0 Å². The minimum Gasteiger partial charge on any atom is -0.380 e. The van der Waals surface area contributed by atoms with Crippen molar-refractivity contribution in [3.63, 3.8) is 0 Å². The molecule has 1 heterocycles. The van der Waals surface area contributed by atoms with E-state index < -0.39 is 5.91 Å². The SMILES string of the molecule is C[C@H](Nc1cccc(C(N)=O)c1)[C@@H]1CN(Cc2ccccc2)CCO1. The molecule has 2 aromatic carbocycles. The number of nitrogens with two attached hydrogens (primary N) is 1. The largest absolute Gasteiger partial charge is 0.380 e. The lowest BCUT2D eigenvalue weighted by atomic mass is 10.1. The van der Waals surface area contributed by atoms with Crippen molar-refractivity contribution in [3.8, 4) is 0 Å². The summed E-state index contributed by atoms with van der Waals surface area (Å²) in [6, 6.07) is 17.9. The summed E-state index contributed by atoms with van der Waals surface area (Å²) < 4.78 is 5.96. The summed E-state index contributed by atoms with van der Waals surface area (Å²) >= 11 is 0. The Hall–Kier alpha value is -2.37. The number of hydrogen-bond donors (Lipinski definition) is 2. The maximum absolute atomic E-state index is 11.3. The topological polar surface area (TPSA) is 67.6 Å². The highest BCUT2D eigenvalue weighted by Crippen LogP contribution is 2.17. The number of hydrogen-bond acceptors (Lipinski definition) is 4. The number of primary amides is 1. The molecule has 1 fully saturated rings. The van der Waals surface area contributed by atoms with Crippen molar-refractivity contribution in [2.75, 3.05) is 25.0 Å². The predicted molar refractivity (Wildman–Crippen MR) is 99.5 cm³/mol. The molecule has 0 aliphatic carbocycles. The van der Waals surface area contributed by atoms with Gasteiger partial charge < -0.3 is 15.8 Å². The van der Waals surface area contributed by atoms with Gasteiger partial charge in [-0.15, -0.1) is 0 Å². The first-order chi connectivity index (χ1) is 12.1. The maximum Gasteiger partial charge on any atom is 0.248 e. The van der Waals surface area contributed by atoms with Gasteiger partial charge in [-0.05, 0) is 30.7 Å². The highest BCUT2D eigenvalue weighted by Gasteiger charge is 2.25. The molecule has 0 aromatic heterocycles. The van der Waals surface area contributed by atoms with E-state index in [2.05, 4.69) is 41.4 Å². The van der Waals surface area contributed by atoms with Crippen molar-refractivity contribution in [1.82, 2.24) is 4.90 Å². The smallest absolute Gasteiger partial charge is 0.248 e. The van der Waals surface area contributed by atoms with E-state index in [-0.39, 0.29) is 12.1 Å². The Morgan fingerprint density at radius 3 is 2.84 bits per heavy atom. The Bertz CT molecular complexity index is 705. The van der Waals surface area contributed by atoms with E-state index in [0.717, 1.165) is 31.9 Å². The molecule has 0 unspecified atom stereocenters. The van der Waals surface area contributed by atoms with Crippen molar-refractivity contribution >= 4 is 11.6 Å². The van der Waals surface area contributed by atoms with Gasteiger partial charge in [-0.25, -0.2) is 0 Å². The van der Waals surface area contributed by atoms with Crippen LogP contribution in [-0.4, -0.2) is 42.6 Å². The maximum atomic E-state index is 11.3. The molecule has 1 amide bonds. The van der Waals surface area contributed by atoms with Crippen LogP contribution in [0.1, 0.15) is 22.8 Å². The van der Waals surface area contributed by atoms with E-state index in [9.17, 15) is 4.79 Å². The van der Waals surface area contributed by atoms with Gasteiger partial charge in [0.25, 0.3) is 0 Å². The lowest BCUT2D eigenvalue weighted by molar-refractivity contribution is -0.0373. The molecule has 1 saturated heterocycles. The van der Waals surface area contributed by atoms with Gasteiger partial charge in [-0.2, -0.15) is 0 Å². The van der Waals surface area contributed by atoms with Gasteiger partial charge in [0.1, 0.15) is 0 Å². The number of anilines is 1. The zero-order valence-electron chi connectivity index (χ0n) is 14.5. The highest BCUT2D eigenvalue weighted by molar-refractivity contribution is 5.93. The molecule has 5 heteroatoms. The second-order valence-corrected chi connectivity index (χ2v) is 6.51. The number of amides is 1. The molecule has 2 aromatic rings. The standard InChI is InChI=1S/C20H25N3O2/c1-15(22-18-9-5-8-17(12-18)20(21)24)19-14-23(10-11-25-19)13-16-6-3-2-4-7-16/h2-9,12,15,19,22H,10-11,13-14H2,1H3,(H2,21,24)/t15-,19-/m0/s1. The molecule has 25 heavy (non-hydrogen) atoms. The van der Waals surface area contributed by atoms with Gasteiger partial charge in [-0.1, -0.05) is 36.4 Å². The second kappa shape index (κ2) is 8.14. The average molecular weight is 339 g/mol. The molecule has 0 saturated carbocycles. The van der Waals surface area contributed by atoms with Crippen LogP contribution in [0.5, 0.6) is 0 Å². The number of benzene rings is 2. The lowest BCUT2D eigenvalue weighted by Gasteiger charge is -2.36. The first-order valence-corrected chi connectivity index (χ1v) is 8.66. The number of nitrogens with one attached hydrogen (secondary N) is 1. The molecular formula is C20H25N3O2. The zero-order chi connectivity index (χ0) is 17.6. The summed E-state index contributed by atoms with van der Waals surface area (Å²) in [6.45, 7) is 5.58. The van der Waals surface area contributed by atoms with Crippen LogP contribution in [-0.2, 0) is 11.3 Å². The minimum atomic E-state index is -0.417. The molecule has 1 aliphatic heterocycles. The summed E-state index contributed by atoms with van der Waals surface area (Å²) in [5.41, 5.74) is 8.06. The zero-order valence-corrected chi connectivity index (χ0v) is 14.5. The Balaban J connectivity index is 1.59. The third-order valence-corrected chi connectivity index (χ3v) is 4.53. The first-order valence-electron chi connectivity index (χ1n) is 8.66. The van der Waals surface area contributed by atoms with Gasteiger partial charge in [-0.3, -0.25) is 9.69 Å². The van der Waals surface area contributed by atoms with Crippen LogP contribution in [0.25, 0.3) is 0 Å². The fraction of sp³-hybridized carbons (Fsp3) is 0.350. The Morgan fingerprint density at radius 2 is 2.08 bits per heavy atom. The first kappa shape index (κ1) is 17.5. The van der Waals surface area contributed by atoms with Crippen LogP contribution < -0.4 is 11.1 Å². The fourth-order valence-electron chi connectivity index (χ4n) is 3.14. The van der Waals surface area contributed by atoms with Gasteiger partial charge >= 0.3 is 0 Å². The summed E-state index contributed by atoms with van der Waals surface area (Å²) in [7, 11) is 0. The van der Waals surface area contributed by atoms with Crippen LogP contribution >= 0.6 is 0 Å². The number of ether oxygens (including phenoxy) is 1. The molecule has 1 aliphatic rings. The number of carbonyl (C=O) groups excluding carboxylic acids is 1. The number of rotatable bonds is 6. The molecule has 5 nitrogen and oxygen atoms in total. The molecule has 0 radical (unpaired) electrons. The van der Waals surface area contributed by atoms with Crippen molar-refractivity contribution in [3.05, 3.63) is 65.7 Å². The Kier molecular flexibility index (Phi) is 5.68. The minimum absolute atomic E-state index is 0.0923. The molecule has 3 rings (SSSR count). The van der Waals surface area contributed by atoms with Crippen molar-refractivity contribution < 1.29 is 9.53 Å². The highest BCUT2D eigenvalue weighted by atomic mass is 16.5. The van der Waals surface area contributed by atoms with Crippen LogP contribution in [0.15, 0.2) is 54.6 Å². The van der Waals surface area contributed by atoms with E-state index in [1.54, 1.807) is 12.1 Å². The second-order valence-electron chi connectivity index (χ2n) is 6.51. The van der Waals surface area contributed by atoms with Gasteiger partial charge in [0.15, 0.2) is 0 Å². The third-order valence-electron chi connectivity index (χ3n) is 4.53. The monoisotopic (exact) mass is 339 g/mol. The molecule has 2 atom stereocenters. The van der Waals surface area contributed by atoms with Crippen LogP contribution in [0.2, 0.25) is 0 Å². The quantitative estimate of drug-likeness (QED) is 0.848. The van der Waals surface area contributed by atoms with Gasteiger partial charge in [0.2, 0.25) is 5.91 Å². The normalized spacial score (nSPS) is 19.3. The lowest BCUT2D eigenvalue weighted by Crippen LogP contribution is -2.48. The number of nitrogens with zero attached hydrogens (tertiary/aromatic N) is 1. The van der Waals surface area contributed by atoms with Crippen LogP contribution in [0.3, 0.4) is 0 Å². The molecule has 0 bridgehead atoms. The van der Waals surface area contributed by atoms with E-state index in [0.29, 0.717) is 5.56 Å². The predicted octanol–water partition coefficient (Wildman–Crippen LogP) is 2.49.